The minimum absolute atomic E-state index is 0.0167. The number of esters is 1. The van der Waals surface area contributed by atoms with Crippen molar-refractivity contribution in [3.63, 3.8) is 0 Å². The Morgan fingerprint density at radius 1 is 1.30 bits per heavy atom. The summed E-state index contributed by atoms with van der Waals surface area (Å²) in [5, 5.41) is 8.80. The lowest BCUT2D eigenvalue weighted by molar-refractivity contribution is -0.146. The first-order valence-corrected chi connectivity index (χ1v) is 6.95. The topological polar surface area (TPSA) is 112 Å². The molecule has 2 rings (SSSR count). The van der Waals surface area contributed by atoms with Gasteiger partial charge in [0.05, 0.1) is 6.42 Å². The summed E-state index contributed by atoms with van der Waals surface area (Å²) in [5.41, 5.74) is 5.99. The average Bonchev–Trinajstić information content (AvgIpc) is 2.53. The molecule has 0 saturated heterocycles. The highest BCUT2D eigenvalue weighted by Gasteiger charge is 2.16. The summed E-state index contributed by atoms with van der Waals surface area (Å²) in [6.07, 6.45) is -0.0167. The third-order valence-electron chi connectivity index (χ3n) is 3.10. The van der Waals surface area contributed by atoms with Gasteiger partial charge in [0.15, 0.2) is 18.1 Å². The fourth-order valence-electron chi connectivity index (χ4n) is 2.00. The first-order valence-electron chi connectivity index (χ1n) is 6.95. The van der Waals surface area contributed by atoms with E-state index in [0.29, 0.717) is 30.3 Å². The normalized spacial score (nSPS) is 13.6. The number of benzene rings is 1. The van der Waals surface area contributed by atoms with Crippen LogP contribution in [0.1, 0.15) is 12.5 Å². The van der Waals surface area contributed by atoms with Gasteiger partial charge in [0, 0.05) is 5.70 Å². The number of ketones is 1. The van der Waals surface area contributed by atoms with Crippen LogP contribution in [0.15, 0.2) is 29.5 Å². The SMILES string of the molecule is CC(N)=C(C#N)C(=O)COC(=O)Cc1ccc2c(c1)OCCO2. The maximum absolute atomic E-state index is 11.8. The fourth-order valence-corrected chi connectivity index (χ4v) is 2.00. The molecule has 0 fully saturated rings. The minimum Gasteiger partial charge on any atom is -0.486 e. The molecule has 0 radical (unpaired) electrons. The second-order valence-electron chi connectivity index (χ2n) is 4.91. The van der Waals surface area contributed by atoms with Crippen LogP contribution in [0.25, 0.3) is 0 Å². The molecule has 0 aliphatic carbocycles. The van der Waals surface area contributed by atoms with Crippen molar-refractivity contribution in [3.05, 3.63) is 35.0 Å². The van der Waals surface area contributed by atoms with Crippen molar-refractivity contribution < 1.29 is 23.8 Å². The molecule has 0 atom stereocenters. The third-order valence-corrected chi connectivity index (χ3v) is 3.10. The van der Waals surface area contributed by atoms with Crippen molar-refractivity contribution in [3.8, 4) is 17.6 Å². The second kappa shape index (κ2) is 7.31. The molecule has 1 aromatic carbocycles. The molecular formula is C16H16N2O5. The summed E-state index contributed by atoms with van der Waals surface area (Å²) in [5.74, 6) is 0.00173. The highest BCUT2D eigenvalue weighted by molar-refractivity contribution is 6.01. The minimum atomic E-state index is -0.622. The number of hydrogen-bond donors (Lipinski definition) is 1. The lowest BCUT2D eigenvalue weighted by Crippen LogP contribution is -2.19. The van der Waals surface area contributed by atoms with Gasteiger partial charge in [-0.3, -0.25) is 9.59 Å². The smallest absolute Gasteiger partial charge is 0.310 e. The molecule has 23 heavy (non-hydrogen) atoms. The van der Waals surface area contributed by atoms with Crippen LogP contribution in [0.4, 0.5) is 0 Å². The van der Waals surface area contributed by atoms with Gasteiger partial charge in [-0.05, 0) is 24.6 Å². The monoisotopic (exact) mass is 316 g/mol. The number of nitrogens with zero attached hydrogens (tertiary/aromatic N) is 1. The number of Topliss-reactive ketones (excluding diaryl/α,β-unsaturated/α-hetero) is 1. The molecule has 0 spiro atoms. The van der Waals surface area contributed by atoms with E-state index in [9.17, 15) is 9.59 Å². The molecule has 2 N–H and O–H groups in total. The summed E-state index contributed by atoms with van der Waals surface area (Å²) in [4.78, 5) is 23.5. The number of carbonyl (C=O) groups excluding carboxylic acids is 2. The van der Waals surface area contributed by atoms with Gasteiger partial charge in [-0.2, -0.15) is 5.26 Å². The zero-order chi connectivity index (χ0) is 16.8. The van der Waals surface area contributed by atoms with Gasteiger partial charge in [0.2, 0.25) is 5.78 Å². The van der Waals surface area contributed by atoms with Gasteiger partial charge in [-0.15, -0.1) is 0 Å². The Hall–Kier alpha value is -3.01. The van der Waals surface area contributed by atoms with Crippen molar-refractivity contribution in [1.29, 1.82) is 5.26 Å². The van der Waals surface area contributed by atoms with E-state index in [1.54, 1.807) is 24.3 Å². The van der Waals surface area contributed by atoms with Crippen LogP contribution in [0.5, 0.6) is 11.5 Å². The quantitative estimate of drug-likeness (QED) is 0.487. The van der Waals surface area contributed by atoms with Crippen molar-refractivity contribution in [2.24, 2.45) is 5.73 Å². The van der Waals surface area contributed by atoms with Gasteiger partial charge < -0.3 is 19.9 Å². The van der Waals surface area contributed by atoms with E-state index in [0.717, 1.165) is 0 Å². The Morgan fingerprint density at radius 3 is 2.65 bits per heavy atom. The van der Waals surface area contributed by atoms with Gasteiger partial charge >= 0.3 is 5.97 Å². The Bertz CT molecular complexity index is 699. The maximum atomic E-state index is 11.8. The molecular weight excluding hydrogens is 300 g/mol. The highest BCUT2D eigenvalue weighted by Crippen LogP contribution is 2.30. The summed E-state index contributed by atoms with van der Waals surface area (Å²) < 4.78 is 15.7. The number of ether oxygens (including phenoxy) is 3. The van der Waals surface area contributed by atoms with E-state index in [-0.39, 0.29) is 17.7 Å². The largest absolute Gasteiger partial charge is 0.486 e. The average molecular weight is 316 g/mol. The standard InChI is InChI=1S/C16H16N2O5/c1-10(18)12(8-17)13(19)9-23-16(20)7-11-2-3-14-15(6-11)22-5-4-21-14/h2-3,6H,4-5,7,9,18H2,1H3. The first-order chi connectivity index (χ1) is 11.0. The van der Waals surface area contributed by atoms with Crippen LogP contribution in [-0.2, 0) is 20.7 Å². The summed E-state index contributed by atoms with van der Waals surface area (Å²) >= 11 is 0. The number of nitrogens with two attached hydrogens (primary N) is 1. The molecule has 0 amide bonds. The van der Waals surface area contributed by atoms with Gasteiger partial charge in [-0.25, -0.2) is 0 Å². The second-order valence-corrected chi connectivity index (χ2v) is 4.91. The van der Waals surface area contributed by atoms with E-state index >= 15 is 0 Å². The number of carbonyl (C=O) groups is 2. The zero-order valence-corrected chi connectivity index (χ0v) is 12.6. The molecule has 0 bridgehead atoms. The van der Waals surface area contributed by atoms with Crippen LogP contribution in [0.2, 0.25) is 0 Å². The predicted octanol–water partition coefficient (Wildman–Crippen LogP) is 0.869. The Kier molecular flexibility index (Phi) is 5.20. The molecule has 1 aromatic rings. The Morgan fingerprint density at radius 2 is 2.00 bits per heavy atom. The first kappa shape index (κ1) is 16.4. The van der Waals surface area contributed by atoms with Crippen LogP contribution in [0, 0.1) is 11.3 Å². The lowest BCUT2D eigenvalue weighted by atomic mass is 10.1. The Labute approximate surface area is 133 Å². The number of fused-ring (bicyclic) bond motifs is 1. The molecule has 1 aliphatic rings. The maximum Gasteiger partial charge on any atom is 0.310 e. The third kappa shape index (κ3) is 4.23. The van der Waals surface area contributed by atoms with E-state index in [2.05, 4.69) is 0 Å². The van der Waals surface area contributed by atoms with E-state index in [4.69, 9.17) is 25.2 Å². The van der Waals surface area contributed by atoms with Crippen LogP contribution in [-0.4, -0.2) is 31.6 Å². The molecule has 0 aromatic heterocycles. The van der Waals surface area contributed by atoms with E-state index in [1.807, 2.05) is 0 Å². The van der Waals surface area contributed by atoms with Gasteiger partial charge in [0.25, 0.3) is 0 Å². The lowest BCUT2D eigenvalue weighted by Gasteiger charge is -2.18. The van der Waals surface area contributed by atoms with Crippen LogP contribution in [0.3, 0.4) is 0 Å². The summed E-state index contributed by atoms with van der Waals surface area (Å²) in [7, 11) is 0. The fraction of sp³-hybridized carbons (Fsp3) is 0.312. The van der Waals surface area contributed by atoms with E-state index in [1.165, 1.54) is 6.92 Å². The van der Waals surface area contributed by atoms with Crippen molar-refractivity contribution in [2.45, 2.75) is 13.3 Å². The Balaban J connectivity index is 1.92. The molecule has 1 heterocycles. The summed E-state index contributed by atoms with van der Waals surface area (Å²) in [6.45, 7) is 1.87. The van der Waals surface area contributed by atoms with E-state index < -0.39 is 18.4 Å². The number of allylic oxidation sites excluding steroid dienone is 1. The molecule has 0 saturated carbocycles. The molecule has 120 valence electrons. The molecule has 0 unspecified atom stereocenters. The molecule has 7 heteroatoms. The number of rotatable bonds is 5. The van der Waals surface area contributed by atoms with Crippen molar-refractivity contribution >= 4 is 11.8 Å². The number of hydrogen-bond acceptors (Lipinski definition) is 7. The van der Waals surface area contributed by atoms with Crippen molar-refractivity contribution in [1.82, 2.24) is 0 Å². The number of nitriles is 1. The van der Waals surface area contributed by atoms with Crippen LogP contribution < -0.4 is 15.2 Å². The predicted molar refractivity (Wildman–Crippen MR) is 79.6 cm³/mol. The van der Waals surface area contributed by atoms with Gasteiger partial charge in [0.1, 0.15) is 24.9 Å². The molecule has 1 aliphatic heterocycles. The van der Waals surface area contributed by atoms with Crippen LogP contribution >= 0.6 is 0 Å². The van der Waals surface area contributed by atoms with Gasteiger partial charge in [-0.1, -0.05) is 6.07 Å². The molecule has 7 nitrogen and oxygen atoms in total. The zero-order valence-electron chi connectivity index (χ0n) is 12.6. The highest BCUT2D eigenvalue weighted by atomic mass is 16.6. The summed E-state index contributed by atoms with van der Waals surface area (Å²) in [6, 6.07) is 6.83. The van der Waals surface area contributed by atoms with Crippen molar-refractivity contribution in [2.75, 3.05) is 19.8 Å².